The number of carbonyl (C=O) groups is 5. The zero-order valence-corrected chi connectivity index (χ0v) is 15.0. The molecule has 1 fully saturated rings. The van der Waals surface area contributed by atoms with Gasteiger partial charge >= 0.3 is 17.9 Å². The van der Waals surface area contributed by atoms with Crippen LogP contribution in [-0.2, 0) is 33.4 Å². The number of allylic oxidation sites excluding steroid dienone is 1. The minimum atomic E-state index is -1.56. The predicted octanol–water partition coefficient (Wildman–Crippen LogP) is -0.920. The van der Waals surface area contributed by atoms with Crippen molar-refractivity contribution >= 4 is 29.7 Å². The number of amides is 2. The van der Waals surface area contributed by atoms with E-state index in [-0.39, 0.29) is 18.9 Å². The number of carboxylic acid groups (broad SMARTS) is 1. The number of carboxylic acids is 1. The number of rotatable bonds is 8. The van der Waals surface area contributed by atoms with Gasteiger partial charge in [0, 0.05) is 5.70 Å². The SMILES string of the molecule is CCOC(=O)C(C(=O)OCC)=C(C)N1C(=O)C(NC(=O)CC#N)C1C(=O)O. The molecule has 11 heteroatoms. The number of esters is 2. The topological polar surface area (TPSA) is 163 Å². The summed E-state index contributed by atoms with van der Waals surface area (Å²) < 4.78 is 9.55. The highest BCUT2D eigenvalue weighted by Crippen LogP contribution is 2.28. The molecule has 0 aliphatic carbocycles. The van der Waals surface area contributed by atoms with Crippen LogP contribution in [0.25, 0.3) is 0 Å². The van der Waals surface area contributed by atoms with Crippen LogP contribution in [0.5, 0.6) is 0 Å². The van der Waals surface area contributed by atoms with Crippen LogP contribution in [0.1, 0.15) is 27.2 Å². The van der Waals surface area contributed by atoms with Crippen molar-refractivity contribution in [2.45, 2.75) is 39.3 Å². The first-order chi connectivity index (χ1) is 12.7. The van der Waals surface area contributed by atoms with Crippen LogP contribution in [0.2, 0.25) is 0 Å². The molecule has 0 saturated carbocycles. The summed E-state index contributed by atoms with van der Waals surface area (Å²) in [5, 5.41) is 20.0. The van der Waals surface area contributed by atoms with Crippen molar-refractivity contribution in [3.63, 3.8) is 0 Å². The summed E-state index contributed by atoms with van der Waals surface area (Å²) in [5.41, 5.74) is -0.879. The van der Waals surface area contributed by atoms with E-state index in [9.17, 15) is 29.1 Å². The Labute approximate surface area is 154 Å². The molecule has 0 aromatic heterocycles. The summed E-state index contributed by atoms with van der Waals surface area (Å²) in [5.74, 6) is -5.27. The second-order valence-corrected chi connectivity index (χ2v) is 5.27. The van der Waals surface area contributed by atoms with Gasteiger partial charge in [0.15, 0.2) is 11.6 Å². The molecule has 146 valence electrons. The van der Waals surface area contributed by atoms with Crippen molar-refractivity contribution in [3.8, 4) is 6.07 Å². The fourth-order valence-electron chi connectivity index (χ4n) is 2.46. The smallest absolute Gasteiger partial charge is 0.347 e. The minimum Gasteiger partial charge on any atom is -0.480 e. The first kappa shape index (κ1) is 21.6. The molecule has 1 saturated heterocycles. The first-order valence-electron chi connectivity index (χ1n) is 7.98. The molecule has 0 aromatic carbocycles. The largest absolute Gasteiger partial charge is 0.480 e. The number of hydrogen-bond donors (Lipinski definition) is 2. The molecule has 2 N–H and O–H groups in total. The van der Waals surface area contributed by atoms with E-state index >= 15 is 0 Å². The van der Waals surface area contributed by atoms with E-state index in [1.165, 1.54) is 20.8 Å². The van der Waals surface area contributed by atoms with Crippen molar-refractivity contribution in [2.24, 2.45) is 0 Å². The van der Waals surface area contributed by atoms with Gasteiger partial charge in [-0.1, -0.05) is 0 Å². The second-order valence-electron chi connectivity index (χ2n) is 5.27. The molecule has 0 radical (unpaired) electrons. The van der Waals surface area contributed by atoms with E-state index in [0.717, 1.165) is 0 Å². The molecule has 0 aromatic rings. The summed E-state index contributed by atoms with van der Waals surface area (Å²) in [7, 11) is 0. The molecular formula is C16H19N3O8. The lowest BCUT2D eigenvalue weighted by atomic mass is 9.92. The van der Waals surface area contributed by atoms with Gasteiger partial charge in [-0.05, 0) is 20.8 Å². The third-order valence-corrected chi connectivity index (χ3v) is 3.59. The normalized spacial score (nSPS) is 17.9. The lowest BCUT2D eigenvalue weighted by molar-refractivity contribution is -0.164. The van der Waals surface area contributed by atoms with Gasteiger partial charge in [0.25, 0.3) is 5.91 Å². The van der Waals surface area contributed by atoms with E-state index in [0.29, 0.717) is 4.90 Å². The number of nitrogens with zero attached hydrogens (tertiary/aromatic N) is 2. The molecule has 2 amide bonds. The number of nitrogens with one attached hydrogen (secondary N) is 1. The highest BCUT2D eigenvalue weighted by molar-refractivity contribution is 6.15. The van der Waals surface area contributed by atoms with Crippen LogP contribution in [0, 0.1) is 11.3 Å². The highest BCUT2D eigenvalue weighted by Gasteiger charge is 2.54. The van der Waals surface area contributed by atoms with Crippen molar-refractivity contribution in [2.75, 3.05) is 13.2 Å². The van der Waals surface area contributed by atoms with Crippen LogP contribution >= 0.6 is 0 Å². The highest BCUT2D eigenvalue weighted by atomic mass is 16.6. The Morgan fingerprint density at radius 1 is 1.19 bits per heavy atom. The Kier molecular flexibility index (Phi) is 7.47. The fourth-order valence-corrected chi connectivity index (χ4v) is 2.46. The van der Waals surface area contributed by atoms with Crippen LogP contribution in [0.15, 0.2) is 11.3 Å². The van der Waals surface area contributed by atoms with E-state index in [4.69, 9.17) is 14.7 Å². The quantitative estimate of drug-likeness (QED) is 0.178. The molecule has 27 heavy (non-hydrogen) atoms. The zero-order chi connectivity index (χ0) is 20.7. The maximum absolute atomic E-state index is 12.3. The third kappa shape index (κ3) is 4.60. The summed E-state index contributed by atoms with van der Waals surface area (Å²) in [6.07, 6.45) is -0.554. The Bertz CT molecular complexity index is 716. The average Bonchev–Trinajstić information content (AvgIpc) is 2.57. The Hall–Kier alpha value is -3.42. The van der Waals surface area contributed by atoms with E-state index in [1.807, 2.05) is 0 Å². The number of β-lactam (4-membered cyclic amide) rings is 1. The van der Waals surface area contributed by atoms with Crippen LogP contribution in [0.3, 0.4) is 0 Å². The number of aliphatic carboxylic acids is 1. The molecule has 1 aliphatic rings. The van der Waals surface area contributed by atoms with E-state index in [1.54, 1.807) is 6.07 Å². The van der Waals surface area contributed by atoms with Crippen LogP contribution in [0.4, 0.5) is 0 Å². The lowest BCUT2D eigenvalue weighted by Gasteiger charge is -2.45. The van der Waals surface area contributed by atoms with Gasteiger partial charge in [-0.3, -0.25) is 14.5 Å². The molecule has 2 unspecified atom stereocenters. The van der Waals surface area contributed by atoms with Gasteiger partial charge in [-0.25, -0.2) is 14.4 Å². The van der Waals surface area contributed by atoms with Crippen LogP contribution in [-0.4, -0.2) is 65.0 Å². The van der Waals surface area contributed by atoms with E-state index < -0.39 is 53.8 Å². The third-order valence-electron chi connectivity index (χ3n) is 3.59. The van der Waals surface area contributed by atoms with Crippen molar-refractivity contribution in [1.29, 1.82) is 5.26 Å². The molecule has 11 nitrogen and oxygen atoms in total. The van der Waals surface area contributed by atoms with Gasteiger partial charge < -0.3 is 19.9 Å². The number of hydrogen-bond acceptors (Lipinski definition) is 8. The Morgan fingerprint density at radius 2 is 1.70 bits per heavy atom. The molecular weight excluding hydrogens is 362 g/mol. The Balaban J connectivity index is 3.26. The van der Waals surface area contributed by atoms with Gasteiger partial charge in [-0.2, -0.15) is 5.26 Å². The lowest BCUT2D eigenvalue weighted by Crippen LogP contribution is -2.72. The second kappa shape index (κ2) is 9.33. The van der Waals surface area contributed by atoms with Gasteiger partial charge in [0.2, 0.25) is 5.91 Å². The number of likely N-dealkylation sites (tertiary alicyclic amines) is 1. The summed E-state index contributed by atoms with van der Waals surface area (Å²) in [6, 6.07) is -1.41. The molecule has 1 rings (SSSR count). The number of nitriles is 1. The Morgan fingerprint density at radius 3 is 2.11 bits per heavy atom. The van der Waals surface area contributed by atoms with Crippen molar-refractivity contribution in [1.82, 2.24) is 10.2 Å². The molecule has 0 spiro atoms. The van der Waals surface area contributed by atoms with Crippen LogP contribution < -0.4 is 5.32 Å². The van der Waals surface area contributed by atoms with Gasteiger partial charge in [0.1, 0.15) is 12.5 Å². The summed E-state index contributed by atoms with van der Waals surface area (Å²) >= 11 is 0. The maximum Gasteiger partial charge on any atom is 0.347 e. The fraction of sp³-hybridized carbons (Fsp3) is 0.500. The van der Waals surface area contributed by atoms with Crippen molar-refractivity contribution in [3.05, 3.63) is 11.3 Å². The molecule has 1 aliphatic heterocycles. The van der Waals surface area contributed by atoms with Gasteiger partial charge in [-0.15, -0.1) is 0 Å². The molecule has 0 bridgehead atoms. The van der Waals surface area contributed by atoms with E-state index in [2.05, 4.69) is 5.32 Å². The number of carbonyl (C=O) groups excluding carboxylic acids is 4. The minimum absolute atomic E-state index is 0.0574. The average molecular weight is 381 g/mol. The van der Waals surface area contributed by atoms with Gasteiger partial charge in [0.05, 0.1) is 19.3 Å². The predicted molar refractivity (Wildman–Crippen MR) is 86.4 cm³/mol. The van der Waals surface area contributed by atoms with Crippen molar-refractivity contribution < 1.29 is 38.6 Å². The molecule has 2 atom stereocenters. The molecule has 1 heterocycles. The standard InChI is InChI=1S/C16H19N3O8/c1-4-26-15(24)10(16(25)27-5-2)8(3)19-12(14(22)23)11(13(19)21)18-9(20)6-7-17/h11-12H,4-6H2,1-3H3,(H,18,20)(H,22,23). The first-order valence-corrected chi connectivity index (χ1v) is 7.98. The monoisotopic (exact) mass is 381 g/mol. The number of ether oxygens (including phenoxy) is 2. The zero-order valence-electron chi connectivity index (χ0n) is 15.0. The summed E-state index contributed by atoms with van der Waals surface area (Å²) in [4.78, 5) is 60.3. The summed E-state index contributed by atoms with van der Waals surface area (Å²) in [6.45, 7) is 4.10. The maximum atomic E-state index is 12.3.